The molecule has 0 aliphatic carbocycles. The molecule has 0 saturated carbocycles. The van der Waals surface area contributed by atoms with E-state index in [1.807, 2.05) is 32.9 Å². The number of pyridine rings is 1. The van der Waals surface area contributed by atoms with E-state index in [0.29, 0.717) is 18.8 Å². The third-order valence-electron chi connectivity index (χ3n) is 2.15. The first-order valence-corrected chi connectivity index (χ1v) is 5.67. The molecule has 0 aromatic carbocycles. The molecule has 1 rings (SSSR count). The van der Waals surface area contributed by atoms with Crippen molar-refractivity contribution in [2.75, 3.05) is 7.11 Å². The van der Waals surface area contributed by atoms with E-state index in [-0.39, 0.29) is 11.3 Å². The maximum atomic E-state index is 11.6. The fraction of sp³-hybridized carbons (Fsp3) is 0.538. The fourth-order valence-corrected chi connectivity index (χ4v) is 1.40. The summed E-state index contributed by atoms with van der Waals surface area (Å²) in [6.07, 6.45) is 0.511. The quantitative estimate of drug-likeness (QED) is 0.871. The van der Waals surface area contributed by atoms with Crippen molar-refractivity contribution < 1.29 is 9.53 Å². The second-order valence-corrected chi connectivity index (χ2v) is 5.19. The molecule has 17 heavy (non-hydrogen) atoms. The molecule has 1 N–H and O–H groups in total. The third-order valence-corrected chi connectivity index (χ3v) is 2.15. The van der Waals surface area contributed by atoms with Gasteiger partial charge in [-0.1, -0.05) is 26.8 Å². The van der Waals surface area contributed by atoms with Crippen LogP contribution in [0, 0.1) is 5.41 Å². The van der Waals surface area contributed by atoms with Gasteiger partial charge < -0.3 is 10.1 Å². The van der Waals surface area contributed by atoms with Gasteiger partial charge in [-0.15, -0.1) is 0 Å². The highest BCUT2D eigenvalue weighted by Gasteiger charge is 2.15. The molecule has 4 heteroatoms. The second kappa shape index (κ2) is 5.66. The summed E-state index contributed by atoms with van der Waals surface area (Å²) in [7, 11) is 1.57. The molecular formula is C13H20N2O2. The van der Waals surface area contributed by atoms with E-state index < -0.39 is 0 Å². The Balaban J connectivity index is 2.47. The molecule has 0 aliphatic rings. The number of methoxy groups -OCH3 is 1. The van der Waals surface area contributed by atoms with Crippen LogP contribution in [0.15, 0.2) is 18.2 Å². The molecule has 1 aromatic rings. The van der Waals surface area contributed by atoms with Gasteiger partial charge in [-0.3, -0.25) is 4.79 Å². The predicted octanol–water partition coefficient (Wildman–Crippen LogP) is 2.14. The van der Waals surface area contributed by atoms with Crippen molar-refractivity contribution in [1.29, 1.82) is 0 Å². The minimum absolute atomic E-state index is 0.00584. The van der Waals surface area contributed by atoms with Crippen molar-refractivity contribution in [2.24, 2.45) is 5.41 Å². The summed E-state index contributed by atoms with van der Waals surface area (Å²) < 4.78 is 5.02. The summed E-state index contributed by atoms with van der Waals surface area (Å²) >= 11 is 0. The number of hydrogen-bond donors (Lipinski definition) is 1. The average molecular weight is 236 g/mol. The monoisotopic (exact) mass is 236 g/mol. The Morgan fingerprint density at radius 3 is 2.71 bits per heavy atom. The maximum Gasteiger partial charge on any atom is 0.220 e. The molecular weight excluding hydrogens is 216 g/mol. The molecule has 1 amide bonds. The minimum Gasteiger partial charge on any atom is -0.481 e. The van der Waals surface area contributed by atoms with Crippen LogP contribution in [-0.2, 0) is 11.3 Å². The SMILES string of the molecule is COc1cccc(CNC(=O)CC(C)(C)C)n1. The summed E-state index contributed by atoms with van der Waals surface area (Å²) in [5, 5.41) is 2.85. The Morgan fingerprint density at radius 2 is 2.12 bits per heavy atom. The van der Waals surface area contributed by atoms with E-state index in [1.165, 1.54) is 0 Å². The molecule has 0 bridgehead atoms. The first-order chi connectivity index (χ1) is 7.90. The van der Waals surface area contributed by atoms with Crippen LogP contribution in [0.2, 0.25) is 0 Å². The number of carbonyl (C=O) groups is 1. The zero-order valence-corrected chi connectivity index (χ0v) is 10.9. The van der Waals surface area contributed by atoms with E-state index in [1.54, 1.807) is 13.2 Å². The normalized spacial score (nSPS) is 11.1. The van der Waals surface area contributed by atoms with Crippen LogP contribution < -0.4 is 10.1 Å². The number of amides is 1. The zero-order chi connectivity index (χ0) is 12.9. The number of hydrogen-bond acceptors (Lipinski definition) is 3. The first kappa shape index (κ1) is 13.5. The smallest absolute Gasteiger partial charge is 0.220 e. The molecule has 0 fully saturated rings. The molecule has 0 aliphatic heterocycles. The molecule has 1 aromatic heterocycles. The lowest BCUT2D eigenvalue weighted by atomic mass is 9.92. The summed E-state index contributed by atoms with van der Waals surface area (Å²) in [6.45, 7) is 6.55. The molecule has 94 valence electrons. The average Bonchev–Trinajstić information content (AvgIpc) is 2.24. The van der Waals surface area contributed by atoms with Crippen molar-refractivity contribution in [3.8, 4) is 5.88 Å². The second-order valence-electron chi connectivity index (χ2n) is 5.19. The Morgan fingerprint density at radius 1 is 1.41 bits per heavy atom. The largest absolute Gasteiger partial charge is 0.481 e. The summed E-state index contributed by atoms with van der Waals surface area (Å²) in [5.74, 6) is 0.606. The van der Waals surface area contributed by atoms with Gasteiger partial charge in [0.1, 0.15) is 0 Å². The van der Waals surface area contributed by atoms with E-state index in [4.69, 9.17) is 4.74 Å². The molecule has 0 atom stereocenters. The van der Waals surface area contributed by atoms with Crippen molar-refractivity contribution in [3.63, 3.8) is 0 Å². The van der Waals surface area contributed by atoms with Gasteiger partial charge in [-0.25, -0.2) is 4.98 Å². The number of carbonyl (C=O) groups excluding carboxylic acids is 1. The fourth-order valence-electron chi connectivity index (χ4n) is 1.40. The highest BCUT2D eigenvalue weighted by atomic mass is 16.5. The summed E-state index contributed by atoms with van der Waals surface area (Å²) in [6, 6.07) is 5.50. The van der Waals surface area contributed by atoms with Crippen LogP contribution in [0.25, 0.3) is 0 Å². The van der Waals surface area contributed by atoms with Gasteiger partial charge in [0.05, 0.1) is 19.3 Å². The van der Waals surface area contributed by atoms with Crippen molar-refractivity contribution in [1.82, 2.24) is 10.3 Å². The highest BCUT2D eigenvalue weighted by Crippen LogP contribution is 2.17. The van der Waals surface area contributed by atoms with Gasteiger partial charge in [0, 0.05) is 12.5 Å². The minimum atomic E-state index is 0.00584. The lowest BCUT2D eigenvalue weighted by Gasteiger charge is -2.17. The molecule has 0 unspecified atom stereocenters. The van der Waals surface area contributed by atoms with Crippen LogP contribution >= 0.6 is 0 Å². The lowest BCUT2D eigenvalue weighted by Crippen LogP contribution is -2.27. The van der Waals surface area contributed by atoms with Gasteiger partial charge in [0.25, 0.3) is 0 Å². The van der Waals surface area contributed by atoms with Crippen LogP contribution in [0.5, 0.6) is 5.88 Å². The highest BCUT2D eigenvalue weighted by molar-refractivity contribution is 5.76. The summed E-state index contributed by atoms with van der Waals surface area (Å²) in [5.41, 5.74) is 0.804. The van der Waals surface area contributed by atoms with E-state index in [0.717, 1.165) is 5.69 Å². The molecule has 1 heterocycles. The lowest BCUT2D eigenvalue weighted by molar-refractivity contribution is -0.123. The van der Waals surface area contributed by atoms with Crippen molar-refractivity contribution in [3.05, 3.63) is 23.9 Å². The van der Waals surface area contributed by atoms with Crippen LogP contribution in [0.3, 0.4) is 0 Å². The van der Waals surface area contributed by atoms with E-state index in [9.17, 15) is 4.79 Å². The zero-order valence-electron chi connectivity index (χ0n) is 10.9. The first-order valence-electron chi connectivity index (χ1n) is 5.67. The van der Waals surface area contributed by atoms with Crippen molar-refractivity contribution in [2.45, 2.75) is 33.7 Å². The number of nitrogens with zero attached hydrogens (tertiary/aromatic N) is 1. The standard InChI is InChI=1S/C13H20N2O2/c1-13(2,3)8-11(16)14-9-10-6-5-7-12(15-10)17-4/h5-7H,8-9H2,1-4H3,(H,14,16). The van der Waals surface area contributed by atoms with Crippen molar-refractivity contribution >= 4 is 5.91 Å². The Bertz CT molecular complexity index is 383. The number of aromatic nitrogens is 1. The van der Waals surface area contributed by atoms with Gasteiger partial charge in [-0.05, 0) is 11.5 Å². The number of nitrogens with one attached hydrogen (secondary N) is 1. The molecule has 0 radical (unpaired) electrons. The van der Waals surface area contributed by atoms with Gasteiger partial charge in [-0.2, -0.15) is 0 Å². The third kappa shape index (κ3) is 5.33. The Hall–Kier alpha value is -1.58. The summed E-state index contributed by atoms with van der Waals surface area (Å²) in [4.78, 5) is 15.8. The van der Waals surface area contributed by atoms with E-state index in [2.05, 4.69) is 10.3 Å². The van der Waals surface area contributed by atoms with Gasteiger partial charge >= 0.3 is 0 Å². The Labute approximate surface area is 102 Å². The predicted molar refractivity (Wildman–Crippen MR) is 66.7 cm³/mol. The Kier molecular flexibility index (Phi) is 4.49. The number of rotatable bonds is 4. The maximum absolute atomic E-state index is 11.6. The van der Waals surface area contributed by atoms with Gasteiger partial charge in [0.2, 0.25) is 11.8 Å². The van der Waals surface area contributed by atoms with Gasteiger partial charge in [0.15, 0.2) is 0 Å². The molecule has 4 nitrogen and oxygen atoms in total. The number of ether oxygens (including phenoxy) is 1. The molecule has 0 saturated heterocycles. The molecule has 0 spiro atoms. The van der Waals surface area contributed by atoms with Crippen LogP contribution in [0.1, 0.15) is 32.9 Å². The van der Waals surface area contributed by atoms with Crippen LogP contribution in [-0.4, -0.2) is 18.0 Å². The topological polar surface area (TPSA) is 51.2 Å². The van der Waals surface area contributed by atoms with E-state index >= 15 is 0 Å². The van der Waals surface area contributed by atoms with Crippen LogP contribution in [0.4, 0.5) is 0 Å².